The van der Waals surface area contributed by atoms with Gasteiger partial charge in [0.05, 0.1) is 24.6 Å². The fourth-order valence-electron chi connectivity index (χ4n) is 3.02. The Kier molecular flexibility index (Phi) is 6.49. The molecular weight excluding hydrogens is 380 g/mol. The van der Waals surface area contributed by atoms with Crippen molar-refractivity contribution in [1.82, 2.24) is 25.3 Å². The molecule has 1 fully saturated rings. The molecule has 3 N–H and O–H groups in total. The minimum atomic E-state index is -0.462. The van der Waals surface area contributed by atoms with E-state index < -0.39 is 6.09 Å². The van der Waals surface area contributed by atoms with Crippen LogP contribution in [0, 0.1) is 0 Å². The van der Waals surface area contributed by atoms with E-state index in [0.29, 0.717) is 42.5 Å². The fraction of sp³-hybridized carbons (Fsp3) is 0.556. The molecule has 158 valence electrons. The first-order valence-corrected chi connectivity index (χ1v) is 9.33. The Morgan fingerprint density at radius 2 is 2.21 bits per heavy atom. The predicted molar refractivity (Wildman–Crippen MR) is 102 cm³/mol. The Hall–Kier alpha value is -2.92. The zero-order chi connectivity index (χ0) is 21.0. The van der Waals surface area contributed by atoms with E-state index in [4.69, 9.17) is 14.2 Å². The molecule has 1 aliphatic heterocycles. The third-order valence-electron chi connectivity index (χ3n) is 4.28. The number of hydrogen-bond donors (Lipinski definition) is 3. The molecule has 2 aromatic heterocycles. The highest BCUT2D eigenvalue weighted by Crippen LogP contribution is 2.30. The van der Waals surface area contributed by atoms with Crippen LogP contribution in [0.3, 0.4) is 0 Å². The van der Waals surface area contributed by atoms with Gasteiger partial charge in [-0.05, 0) is 19.9 Å². The van der Waals surface area contributed by atoms with Gasteiger partial charge in [0.2, 0.25) is 0 Å². The second-order valence-electron chi connectivity index (χ2n) is 7.12. The Labute approximate surface area is 168 Å². The van der Waals surface area contributed by atoms with Gasteiger partial charge < -0.3 is 24.8 Å². The van der Waals surface area contributed by atoms with E-state index in [2.05, 4.69) is 25.9 Å². The van der Waals surface area contributed by atoms with Crippen molar-refractivity contribution in [1.29, 1.82) is 0 Å². The van der Waals surface area contributed by atoms with Crippen LogP contribution in [-0.4, -0.2) is 57.8 Å². The van der Waals surface area contributed by atoms with Crippen molar-refractivity contribution in [3.8, 4) is 0 Å². The smallest absolute Gasteiger partial charge is 0.407 e. The maximum absolute atomic E-state index is 12.5. The van der Waals surface area contributed by atoms with E-state index in [-0.39, 0.29) is 24.2 Å². The number of hydrogen-bond acceptors (Lipinski definition) is 7. The normalized spacial score (nSPS) is 18.8. The molecule has 2 atom stereocenters. The molecule has 3 heterocycles. The molecular formula is C18H26N6O5. The van der Waals surface area contributed by atoms with Crippen molar-refractivity contribution < 1.29 is 23.8 Å². The summed E-state index contributed by atoms with van der Waals surface area (Å²) in [7, 11) is 3.25. The maximum Gasteiger partial charge on any atom is 0.407 e. The number of methoxy groups -OCH3 is 1. The number of aromatic amines is 1. The average molecular weight is 406 g/mol. The number of carbonyl (C=O) groups is 2. The SMILES string of the molecule is COCc1cc(C(=O)Nc2cc(C3C[C@@H](OC(=O)NC(C)C)CO3)[nH]n2)n(C)n1. The molecule has 29 heavy (non-hydrogen) atoms. The number of aromatic nitrogens is 4. The molecule has 0 bridgehead atoms. The zero-order valence-electron chi connectivity index (χ0n) is 16.9. The van der Waals surface area contributed by atoms with Crippen molar-refractivity contribution >= 4 is 17.8 Å². The van der Waals surface area contributed by atoms with Crippen molar-refractivity contribution in [2.75, 3.05) is 19.0 Å². The molecule has 2 amide bonds. The first-order chi connectivity index (χ1) is 13.9. The molecule has 11 nitrogen and oxygen atoms in total. The van der Waals surface area contributed by atoms with E-state index in [1.54, 1.807) is 26.3 Å². The van der Waals surface area contributed by atoms with Gasteiger partial charge in [0.15, 0.2) is 5.82 Å². The van der Waals surface area contributed by atoms with Crippen LogP contribution in [0.1, 0.15) is 48.2 Å². The van der Waals surface area contributed by atoms with Gasteiger partial charge in [0.1, 0.15) is 17.9 Å². The molecule has 0 saturated carbocycles. The molecule has 11 heteroatoms. The number of H-pyrrole nitrogens is 1. The topological polar surface area (TPSA) is 132 Å². The van der Waals surface area contributed by atoms with E-state index >= 15 is 0 Å². The molecule has 1 aliphatic rings. The van der Waals surface area contributed by atoms with Gasteiger partial charge >= 0.3 is 6.09 Å². The van der Waals surface area contributed by atoms with Crippen molar-refractivity contribution in [3.05, 3.63) is 29.2 Å². The van der Waals surface area contributed by atoms with Crippen LogP contribution >= 0.6 is 0 Å². The lowest BCUT2D eigenvalue weighted by atomic mass is 10.1. The Morgan fingerprint density at radius 1 is 1.41 bits per heavy atom. The van der Waals surface area contributed by atoms with Gasteiger partial charge in [0.25, 0.3) is 5.91 Å². The highest BCUT2D eigenvalue weighted by molar-refractivity contribution is 6.02. The average Bonchev–Trinajstić information content (AvgIpc) is 3.35. The summed E-state index contributed by atoms with van der Waals surface area (Å²) in [5.41, 5.74) is 1.75. The number of ether oxygens (including phenoxy) is 3. The maximum atomic E-state index is 12.5. The lowest BCUT2D eigenvalue weighted by molar-refractivity contribution is 0.0682. The minimum absolute atomic E-state index is 0.00407. The molecule has 1 saturated heterocycles. The summed E-state index contributed by atoms with van der Waals surface area (Å²) in [4.78, 5) is 24.2. The molecule has 0 aromatic carbocycles. The summed E-state index contributed by atoms with van der Waals surface area (Å²) in [5, 5.41) is 16.6. The summed E-state index contributed by atoms with van der Waals surface area (Å²) >= 11 is 0. The van der Waals surface area contributed by atoms with Gasteiger partial charge in [-0.25, -0.2) is 4.79 Å². The van der Waals surface area contributed by atoms with Crippen LogP contribution in [0.4, 0.5) is 10.6 Å². The van der Waals surface area contributed by atoms with E-state index in [9.17, 15) is 9.59 Å². The summed E-state index contributed by atoms with van der Waals surface area (Å²) in [6, 6.07) is 3.37. The van der Waals surface area contributed by atoms with E-state index in [1.807, 2.05) is 13.8 Å². The Bertz CT molecular complexity index is 861. The first kappa shape index (κ1) is 20.8. The molecule has 0 aliphatic carbocycles. The first-order valence-electron chi connectivity index (χ1n) is 9.33. The molecule has 0 radical (unpaired) electrons. The number of nitrogens with zero attached hydrogens (tertiary/aromatic N) is 3. The van der Waals surface area contributed by atoms with Crippen molar-refractivity contribution in [2.24, 2.45) is 7.05 Å². The highest BCUT2D eigenvalue weighted by Gasteiger charge is 2.31. The van der Waals surface area contributed by atoms with Gasteiger partial charge in [0, 0.05) is 32.7 Å². The second kappa shape index (κ2) is 9.05. The van der Waals surface area contributed by atoms with Crippen molar-refractivity contribution in [3.63, 3.8) is 0 Å². The van der Waals surface area contributed by atoms with Crippen LogP contribution in [0.25, 0.3) is 0 Å². The minimum Gasteiger partial charge on any atom is -0.444 e. The fourth-order valence-corrected chi connectivity index (χ4v) is 3.02. The summed E-state index contributed by atoms with van der Waals surface area (Å²) < 4.78 is 17.6. The van der Waals surface area contributed by atoms with Gasteiger partial charge in [-0.15, -0.1) is 0 Å². The van der Waals surface area contributed by atoms with Gasteiger partial charge in [-0.3, -0.25) is 14.6 Å². The van der Waals surface area contributed by atoms with E-state index in [1.165, 1.54) is 4.68 Å². The van der Waals surface area contributed by atoms with Crippen LogP contribution in [0.15, 0.2) is 12.1 Å². The van der Waals surface area contributed by atoms with Gasteiger partial charge in [-0.1, -0.05) is 0 Å². The standard InChI is InChI=1S/C18H26N6O5/c1-10(2)19-18(26)29-12-6-15(28-9-12)13-7-16(22-21-13)20-17(25)14-5-11(8-27-4)23-24(14)3/h5,7,10,12,15H,6,8-9H2,1-4H3,(H,19,26)(H2,20,21,22,25)/t12-,15?/m1/s1. The van der Waals surface area contributed by atoms with Crippen LogP contribution < -0.4 is 10.6 Å². The lowest BCUT2D eigenvalue weighted by Crippen LogP contribution is -2.33. The highest BCUT2D eigenvalue weighted by atomic mass is 16.6. The summed E-state index contributed by atoms with van der Waals surface area (Å²) in [6.45, 7) is 4.35. The number of alkyl carbamates (subject to hydrolysis) is 1. The molecule has 2 aromatic rings. The quantitative estimate of drug-likeness (QED) is 0.635. The van der Waals surface area contributed by atoms with Crippen molar-refractivity contribution in [2.45, 2.75) is 45.1 Å². The largest absolute Gasteiger partial charge is 0.444 e. The molecule has 1 unspecified atom stereocenters. The second-order valence-corrected chi connectivity index (χ2v) is 7.12. The summed E-state index contributed by atoms with van der Waals surface area (Å²) in [6.07, 6.45) is -0.594. The predicted octanol–water partition coefficient (Wildman–Crippen LogP) is 1.51. The number of carbonyl (C=O) groups excluding carboxylic acids is 2. The summed E-state index contributed by atoms with van der Waals surface area (Å²) in [5.74, 6) is 0.0318. The number of aryl methyl sites for hydroxylation is 1. The monoisotopic (exact) mass is 406 g/mol. The number of nitrogens with one attached hydrogen (secondary N) is 3. The Balaban J connectivity index is 1.56. The van der Waals surface area contributed by atoms with Gasteiger partial charge in [-0.2, -0.15) is 10.2 Å². The van der Waals surface area contributed by atoms with Crippen LogP contribution in [0.2, 0.25) is 0 Å². The third kappa shape index (κ3) is 5.33. The number of rotatable bonds is 7. The number of anilines is 1. The lowest BCUT2D eigenvalue weighted by Gasteiger charge is -2.13. The van der Waals surface area contributed by atoms with Crippen LogP contribution in [0.5, 0.6) is 0 Å². The molecule has 0 spiro atoms. The third-order valence-corrected chi connectivity index (χ3v) is 4.28. The van der Waals surface area contributed by atoms with E-state index in [0.717, 1.165) is 0 Å². The zero-order valence-corrected chi connectivity index (χ0v) is 16.9. The number of amides is 2. The Morgan fingerprint density at radius 3 is 2.93 bits per heavy atom. The molecule has 3 rings (SSSR count). The van der Waals surface area contributed by atoms with Crippen LogP contribution in [-0.2, 0) is 27.9 Å².